The summed E-state index contributed by atoms with van der Waals surface area (Å²) in [7, 11) is 0. The minimum absolute atomic E-state index is 0.669. The molecule has 0 bridgehead atoms. The third-order valence-electron chi connectivity index (χ3n) is 3.20. The fraction of sp³-hybridized carbons (Fsp3) is 0.438. The smallest absolute Gasteiger partial charge is 0.0975 e. The highest BCUT2D eigenvalue weighted by Crippen LogP contribution is 2.27. The van der Waals surface area contributed by atoms with Crippen LogP contribution in [0.3, 0.4) is 0 Å². The van der Waals surface area contributed by atoms with Crippen molar-refractivity contribution in [2.45, 2.75) is 39.7 Å². The molecule has 0 aliphatic heterocycles. The molecule has 0 fully saturated rings. The van der Waals surface area contributed by atoms with E-state index in [1.54, 1.807) is 17.4 Å². The summed E-state index contributed by atoms with van der Waals surface area (Å²) in [5, 5.41) is 5.89. The van der Waals surface area contributed by atoms with E-state index in [9.17, 15) is 0 Å². The van der Waals surface area contributed by atoms with Crippen LogP contribution in [0.4, 0.5) is 0 Å². The molecule has 0 amide bonds. The molecule has 0 saturated carbocycles. The molecule has 0 spiro atoms. The molecule has 0 atom stereocenters. The third kappa shape index (κ3) is 4.68. The molecule has 0 radical (unpaired) electrons. The first-order valence-corrected chi connectivity index (χ1v) is 8.83. The maximum atomic E-state index is 6.25. The topological polar surface area (TPSA) is 24.9 Å². The van der Waals surface area contributed by atoms with Crippen LogP contribution in [-0.4, -0.2) is 11.5 Å². The average molecular weight is 343 g/mol. The van der Waals surface area contributed by atoms with Gasteiger partial charge < -0.3 is 5.32 Å². The largest absolute Gasteiger partial charge is 0.312 e. The lowest BCUT2D eigenvalue weighted by atomic mass is 10.1. The number of hydrogen-bond acceptors (Lipinski definition) is 3. The molecular formula is C16H20Cl2N2S. The van der Waals surface area contributed by atoms with Crippen LogP contribution in [-0.2, 0) is 19.4 Å². The van der Waals surface area contributed by atoms with Crippen LogP contribution in [0, 0.1) is 0 Å². The fourth-order valence-electron chi connectivity index (χ4n) is 2.15. The summed E-state index contributed by atoms with van der Waals surface area (Å²) < 4.78 is 0. The number of aryl methyl sites for hydroxylation is 1. The van der Waals surface area contributed by atoms with E-state index in [-0.39, 0.29) is 0 Å². The second-order valence-electron chi connectivity index (χ2n) is 4.92. The summed E-state index contributed by atoms with van der Waals surface area (Å²) in [6, 6.07) is 5.65. The molecule has 0 aliphatic rings. The van der Waals surface area contributed by atoms with Gasteiger partial charge >= 0.3 is 0 Å². The van der Waals surface area contributed by atoms with Crippen LogP contribution in [0.5, 0.6) is 0 Å². The summed E-state index contributed by atoms with van der Waals surface area (Å²) in [5.41, 5.74) is 2.30. The molecule has 21 heavy (non-hydrogen) atoms. The second-order valence-corrected chi connectivity index (χ2v) is 6.93. The van der Waals surface area contributed by atoms with Gasteiger partial charge in [-0.1, -0.05) is 49.5 Å². The number of benzene rings is 1. The summed E-state index contributed by atoms with van der Waals surface area (Å²) in [6.07, 6.45) is 2.92. The Bertz CT molecular complexity index is 596. The van der Waals surface area contributed by atoms with Gasteiger partial charge in [-0.2, -0.15) is 0 Å². The number of aromatic nitrogens is 1. The Kier molecular flexibility index (Phi) is 6.49. The molecule has 1 N–H and O–H groups in total. The minimum atomic E-state index is 0.669. The van der Waals surface area contributed by atoms with Crippen LogP contribution in [0.25, 0.3) is 0 Å². The maximum Gasteiger partial charge on any atom is 0.0975 e. The second kappa shape index (κ2) is 8.14. The lowest BCUT2D eigenvalue weighted by molar-refractivity contribution is 0.723. The number of nitrogens with one attached hydrogen (secondary N) is 1. The van der Waals surface area contributed by atoms with Gasteiger partial charge in [0.05, 0.1) is 10.7 Å². The standard InChI is InChI=1S/C16H20Cl2N2S/c1-3-5-14-15(10-19-4-2)21-16(20-14)8-11-6-7-12(17)9-13(11)18/h6-7,9,19H,3-5,8,10H2,1-2H3. The molecule has 0 aliphatic carbocycles. The van der Waals surface area contributed by atoms with E-state index in [0.29, 0.717) is 10.0 Å². The highest BCUT2D eigenvalue weighted by atomic mass is 35.5. The van der Waals surface area contributed by atoms with Crippen molar-refractivity contribution in [3.05, 3.63) is 49.4 Å². The van der Waals surface area contributed by atoms with E-state index in [2.05, 4.69) is 19.2 Å². The number of halogens is 2. The van der Waals surface area contributed by atoms with Gasteiger partial charge in [0, 0.05) is 27.9 Å². The fourth-order valence-corrected chi connectivity index (χ4v) is 3.73. The molecule has 0 saturated heterocycles. The van der Waals surface area contributed by atoms with Crippen LogP contribution in [0.1, 0.15) is 41.4 Å². The van der Waals surface area contributed by atoms with Crippen molar-refractivity contribution in [3.8, 4) is 0 Å². The van der Waals surface area contributed by atoms with Gasteiger partial charge in [0.25, 0.3) is 0 Å². The van der Waals surface area contributed by atoms with Gasteiger partial charge in [-0.3, -0.25) is 0 Å². The normalized spacial score (nSPS) is 11.0. The molecule has 0 unspecified atom stereocenters. The van der Waals surface area contributed by atoms with Crippen LogP contribution >= 0.6 is 34.5 Å². The Hall–Kier alpha value is -0.610. The summed E-state index contributed by atoms with van der Waals surface area (Å²) >= 11 is 14.0. The first-order chi connectivity index (χ1) is 10.1. The molecular weight excluding hydrogens is 323 g/mol. The van der Waals surface area contributed by atoms with Crippen LogP contribution in [0.2, 0.25) is 10.0 Å². The first kappa shape index (κ1) is 16.8. The SMILES string of the molecule is CCCc1nc(Cc2ccc(Cl)cc2Cl)sc1CNCC. The molecule has 1 heterocycles. The third-order valence-corrected chi connectivity index (χ3v) is 4.89. The predicted molar refractivity (Wildman–Crippen MR) is 92.8 cm³/mol. The molecule has 114 valence electrons. The Balaban J connectivity index is 2.19. The average Bonchev–Trinajstić information content (AvgIpc) is 2.82. The van der Waals surface area contributed by atoms with E-state index in [1.807, 2.05) is 12.1 Å². The Morgan fingerprint density at radius 2 is 2.05 bits per heavy atom. The lowest BCUT2D eigenvalue weighted by Crippen LogP contribution is -2.11. The molecule has 2 nitrogen and oxygen atoms in total. The Labute approximate surface area is 140 Å². The van der Waals surface area contributed by atoms with E-state index in [0.717, 1.165) is 42.9 Å². The molecule has 1 aromatic carbocycles. The zero-order valence-corrected chi connectivity index (χ0v) is 14.7. The predicted octanol–water partition coefficient (Wildman–Crippen LogP) is 5.10. The van der Waals surface area contributed by atoms with Crippen molar-refractivity contribution in [2.75, 3.05) is 6.54 Å². The quantitative estimate of drug-likeness (QED) is 0.756. The number of thiazole rings is 1. The highest BCUT2D eigenvalue weighted by molar-refractivity contribution is 7.11. The van der Waals surface area contributed by atoms with Crippen LogP contribution in [0.15, 0.2) is 18.2 Å². The highest BCUT2D eigenvalue weighted by Gasteiger charge is 2.12. The molecule has 5 heteroatoms. The lowest BCUT2D eigenvalue weighted by Gasteiger charge is -2.02. The van der Waals surface area contributed by atoms with Crippen molar-refractivity contribution in [1.29, 1.82) is 0 Å². The Morgan fingerprint density at radius 3 is 2.71 bits per heavy atom. The molecule has 2 rings (SSSR count). The summed E-state index contributed by atoms with van der Waals surface area (Å²) in [6.45, 7) is 6.18. The number of nitrogens with zero attached hydrogens (tertiary/aromatic N) is 1. The van der Waals surface area contributed by atoms with Gasteiger partial charge in [-0.15, -0.1) is 11.3 Å². The summed E-state index contributed by atoms with van der Waals surface area (Å²) in [5.74, 6) is 0. The molecule has 2 aromatic rings. The van der Waals surface area contributed by atoms with Gasteiger partial charge in [-0.05, 0) is 30.7 Å². The monoisotopic (exact) mass is 342 g/mol. The van der Waals surface area contributed by atoms with E-state index in [1.165, 1.54) is 10.6 Å². The molecule has 1 aromatic heterocycles. The Morgan fingerprint density at radius 1 is 1.24 bits per heavy atom. The van der Waals surface area contributed by atoms with Gasteiger partial charge in [0.1, 0.15) is 0 Å². The van der Waals surface area contributed by atoms with Crippen molar-refractivity contribution in [3.63, 3.8) is 0 Å². The van der Waals surface area contributed by atoms with Crippen LogP contribution < -0.4 is 5.32 Å². The van der Waals surface area contributed by atoms with E-state index in [4.69, 9.17) is 28.2 Å². The van der Waals surface area contributed by atoms with Crippen molar-refractivity contribution in [1.82, 2.24) is 10.3 Å². The van der Waals surface area contributed by atoms with Crippen molar-refractivity contribution in [2.24, 2.45) is 0 Å². The number of rotatable bonds is 7. The first-order valence-electron chi connectivity index (χ1n) is 7.26. The zero-order valence-electron chi connectivity index (χ0n) is 12.4. The number of hydrogen-bond donors (Lipinski definition) is 1. The van der Waals surface area contributed by atoms with E-state index >= 15 is 0 Å². The van der Waals surface area contributed by atoms with Crippen molar-refractivity contribution < 1.29 is 0 Å². The van der Waals surface area contributed by atoms with E-state index < -0.39 is 0 Å². The van der Waals surface area contributed by atoms with Gasteiger partial charge in [0.15, 0.2) is 0 Å². The minimum Gasteiger partial charge on any atom is -0.312 e. The maximum absolute atomic E-state index is 6.25. The van der Waals surface area contributed by atoms with Crippen molar-refractivity contribution >= 4 is 34.5 Å². The van der Waals surface area contributed by atoms with Gasteiger partial charge in [0.2, 0.25) is 0 Å². The summed E-state index contributed by atoms with van der Waals surface area (Å²) in [4.78, 5) is 6.14. The van der Waals surface area contributed by atoms with Gasteiger partial charge in [-0.25, -0.2) is 4.98 Å². The zero-order chi connectivity index (χ0) is 15.2.